The minimum atomic E-state index is 0.540. The van der Waals surface area contributed by atoms with Crippen molar-refractivity contribution in [3.05, 3.63) is 65.2 Å². The highest BCUT2D eigenvalue weighted by Crippen LogP contribution is 2.38. The molecule has 0 saturated carbocycles. The Morgan fingerprint density at radius 1 is 1.05 bits per heavy atom. The molecule has 0 bridgehead atoms. The molecule has 0 aliphatic rings. The van der Waals surface area contributed by atoms with Gasteiger partial charge in [0.05, 0.1) is 7.11 Å². The van der Waals surface area contributed by atoms with Crippen molar-refractivity contribution in [1.82, 2.24) is 0 Å². The van der Waals surface area contributed by atoms with Crippen LogP contribution in [0.2, 0.25) is 0 Å². The molecular formula is C17H16BrClOS. The van der Waals surface area contributed by atoms with Crippen molar-refractivity contribution in [1.29, 1.82) is 0 Å². The molecular weight excluding hydrogens is 368 g/mol. The maximum atomic E-state index is 5.84. The van der Waals surface area contributed by atoms with E-state index >= 15 is 0 Å². The summed E-state index contributed by atoms with van der Waals surface area (Å²) in [6.45, 7) is 0. The number of rotatable bonds is 5. The predicted molar refractivity (Wildman–Crippen MR) is 98.2 cm³/mol. The SMILES string of the molecule is COc1ccc(C(Br)=C(SC)c2ccc(CCl)cc2)cc1. The minimum Gasteiger partial charge on any atom is -0.497 e. The largest absolute Gasteiger partial charge is 0.497 e. The maximum Gasteiger partial charge on any atom is 0.118 e. The van der Waals surface area contributed by atoms with E-state index in [0.29, 0.717) is 5.88 Å². The number of thioether (sulfide) groups is 1. The van der Waals surface area contributed by atoms with Crippen LogP contribution in [0, 0.1) is 0 Å². The van der Waals surface area contributed by atoms with Gasteiger partial charge in [0, 0.05) is 15.3 Å². The Bertz CT molecular complexity index is 620. The molecule has 0 unspecified atom stereocenters. The second-order valence-electron chi connectivity index (χ2n) is 4.41. The summed E-state index contributed by atoms with van der Waals surface area (Å²) in [5, 5.41) is 0. The molecule has 2 aromatic rings. The summed E-state index contributed by atoms with van der Waals surface area (Å²) in [5.74, 6) is 1.40. The van der Waals surface area contributed by atoms with Crippen LogP contribution >= 0.6 is 39.3 Å². The lowest BCUT2D eigenvalue weighted by Crippen LogP contribution is -1.87. The molecule has 4 heteroatoms. The van der Waals surface area contributed by atoms with Gasteiger partial charge in [-0.05, 0) is 51.0 Å². The van der Waals surface area contributed by atoms with Gasteiger partial charge in [-0.1, -0.05) is 36.4 Å². The van der Waals surface area contributed by atoms with E-state index in [1.165, 1.54) is 10.5 Å². The molecule has 0 N–H and O–H groups in total. The molecule has 2 aromatic carbocycles. The molecule has 2 rings (SSSR count). The monoisotopic (exact) mass is 382 g/mol. The van der Waals surface area contributed by atoms with Crippen molar-refractivity contribution in [2.75, 3.05) is 13.4 Å². The fraction of sp³-hybridized carbons (Fsp3) is 0.176. The van der Waals surface area contributed by atoms with Crippen molar-refractivity contribution in [2.24, 2.45) is 0 Å². The lowest BCUT2D eigenvalue weighted by Gasteiger charge is -2.10. The minimum absolute atomic E-state index is 0.540. The molecule has 0 aliphatic heterocycles. The molecule has 0 radical (unpaired) electrons. The van der Waals surface area contributed by atoms with Gasteiger partial charge in [-0.2, -0.15) is 0 Å². The third kappa shape index (κ3) is 4.06. The van der Waals surface area contributed by atoms with Crippen LogP contribution in [0.4, 0.5) is 0 Å². The highest BCUT2D eigenvalue weighted by molar-refractivity contribution is 9.15. The Balaban J connectivity index is 2.39. The third-order valence-electron chi connectivity index (χ3n) is 3.12. The second kappa shape index (κ2) is 7.92. The van der Waals surface area contributed by atoms with E-state index in [4.69, 9.17) is 16.3 Å². The van der Waals surface area contributed by atoms with Crippen LogP contribution in [0.5, 0.6) is 5.75 Å². The van der Waals surface area contributed by atoms with E-state index in [-0.39, 0.29) is 0 Å². The van der Waals surface area contributed by atoms with Gasteiger partial charge in [-0.25, -0.2) is 0 Å². The van der Waals surface area contributed by atoms with Crippen LogP contribution in [0.25, 0.3) is 9.39 Å². The normalized spacial score (nSPS) is 12.0. The van der Waals surface area contributed by atoms with Crippen molar-refractivity contribution in [3.8, 4) is 5.75 Å². The molecule has 0 aliphatic carbocycles. The van der Waals surface area contributed by atoms with E-state index in [1.807, 2.05) is 24.3 Å². The van der Waals surface area contributed by atoms with Crippen molar-refractivity contribution >= 4 is 48.7 Å². The Labute approximate surface area is 143 Å². The zero-order valence-corrected chi connectivity index (χ0v) is 15.1. The zero-order valence-electron chi connectivity index (χ0n) is 11.9. The first-order valence-corrected chi connectivity index (χ1v) is 8.98. The molecule has 0 fully saturated rings. The topological polar surface area (TPSA) is 9.23 Å². The molecule has 0 heterocycles. The first-order valence-electron chi connectivity index (χ1n) is 6.43. The molecule has 0 amide bonds. The average molecular weight is 384 g/mol. The molecule has 0 atom stereocenters. The molecule has 1 nitrogen and oxygen atoms in total. The number of hydrogen-bond donors (Lipinski definition) is 0. The Hall–Kier alpha value is -0.900. The van der Waals surface area contributed by atoms with Gasteiger partial charge in [-0.3, -0.25) is 0 Å². The fourth-order valence-corrected chi connectivity index (χ4v) is 3.77. The second-order valence-corrected chi connectivity index (χ2v) is 6.28. The van der Waals surface area contributed by atoms with E-state index in [1.54, 1.807) is 18.9 Å². The third-order valence-corrected chi connectivity index (χ3v) is 5.39. The van der Waals surface area contributed by atoms with Gasteiger partial charge < -0.3 is 4.74 Å². The van der Waals surface area contributed by atoms with Gasteiger partial charge >= 0.3 is 0 Å². The summed E-state index contributed by atoms with van der Waals surface area (Å²) < 4.78 is 6.28. The lowest BCUT2D eigenvalue weighted by molar-refractivity contribution is 0.415. The van der Waals surface area contributed by atoms with Crippen LogP contribution in [-0.2, 0) is 5.88 Å². The van der Waals surface area contributed by atoms with Gasteiger partial charge in [-0.15, -0.1) is 23.4 Å². The summed E-state index contributed by atoms with van der Waals surface area (Å²) >= 11 is 11.3. The first kappa shape index (κ1) is 16.5. The lowest BCUT2D eigenvalue weighted by atomic mass is 10.1. The van der Waals surface area contributed by atoms with Crippen LogP contribution in [0.15, 0.2) is 48.5 Å². The standard InChI is InChI=1S/C17H16BrClOS/c1-20-15-9-7-13(8-10-15)16(18)17(21-2)14-5-3-12(11-19)4-6-14/h3-10H,11H2,1-2H3. The predicted octanol–water partition coefficient (Wildman–Crippen LogP) is 6.02. The van der Waals surface area contributed by atoms with Crippen LogP contribution in [0.1, 0.15) is 16.7 Å². The fourth-order valence-electron chi connectivity index (χ4n) is 1.95. The smallest absolute Gasteiger partial charge is 0.118 e. The van der Waals surface area contributed by atoms with Crippen LogP contribution in [-0.4, -0.2) is 13.4 Å². The number of ether oxygens (including phenoxy) is 1. The first-order chi connectivity index (χ1) is 10.2. The molecule has 0 aromatic heterocycles. The Morgan fingerprint density at radius 2 is 1.62 bits per heavy atom. The molecule has 0 spiro atoms. The summed E-state index contributed by atoms with van der Waals surface area (Å²) in [4.78, 5) is 1.20. The number of halogens is 2. The highest BCUT2D eigenvalue weighted by Gasteiger charge is 2.09. The van der Waals surface area contributed by atoms with E-state index in [2.05, 4.69) is 46.5 Å². The Morgan fingerprint density at radius 3 is 2.10 bits per heavy atom. The van der Waals surface area contributed by atoms with E-state index in [9.17, 15) is 0 Å². The van der Waals surface area contributed by atoms with E-state index < -0.39 is 0 Å². The number of alkyl halides is 1. The highest BCUT2D eigenvalue weighted by atomic mass is 79.9. The number of benzene rings is 2. The van der Waals surface area contributed by atoms with E-state index in [0.717, 1.165) is 21.4 Å². The summed E-state index contributed by atoms with van der Waals surface area (Å²) in [6.07, 6.45) is 2.08. The summed E-state index contributed by atoms with van der Waals surface area (Å²) in [7, 11) is 1.67. The number of methoxy groups -OCH3 is 1. The Kier molecular flexibility index (Phi) is 6.22. The van der Waals surface area contributed by atoms with Crippen molar-refractivity contribution < 1.29 is 4.74 Å². The van der Waals surface area contributed by atoms with Gasteiger partial charge in [0.2, 0.25) is 0 Å². The summed E-state index contributed by atoms with van der Waals surface area (Å²) in [5.41, 5.74) is 3.43. The maximum absolute atomic E-state index is 5.84. The van der Waals surface area contributed by atoms with Gasteiger partial charge in [0.25, 0.3) is 0 Å². The van der Waals surface area contributed by atoms with Crippen LogP contribution < -0.4 is 4.74 Å². The summed E-state index contributed by atoms with van der Waals surface area (Å²) in [6, 6.07) is 16.4. The van der Waals surface area contributed by atoms with Gasteiger partial charge in [0.1, 0.15) is 5.75 Å². The van der Waals surface area contributed by atoms with Gasteiger partial charge in [0.15, 0.2) is 0 Å². The number of hydrogen-bond acceptors (Lipinski definition) is 2. The molecule has 21 heavy (non-hydrogen) atoms. The van der Waals surface area contributed by atoms with Crippen LogP contribution in [0.3, 0.4) is 0 Å². The molecule has 110 valence electrons. The quantitative estimate of drug-likeness (QED) is 0.461. The average Bonchev–Trinajstić information content (AvgIpc) is 2.56. The molecule has 0 saturated heterocycles. The van der Waals surface area contributed by atoms with Crippen molar-refractivity contribution in [2.45, 2.75) is 5.88 Å². The van der Waals surface area contributed by atoms with Crippen molar-refractivity contribution in [3.63, 3.8) is 0 Å². The zero-order chi connectivity index (χ0) is 15.2.